The summed E-state index contributed by atoms with van der Waals surface area (Å²) in [6.45, 7) is 6.47. The van der Waals surface area contributed by atoms with E-state index < -0.39 is 0 Å². The fourth-order valence-corrected chi connectivity index (χ4v) is 2.09. The van der Waals surface area contributed by atoms with Crippen molar-refractivity contribution < 1.29 is 4.74 Å². The van der Waals surface area contributed by atoms with Crippen LogP contribution in [0, 0.1) is 5.92 Å². The Balaban J connectivity index is 1.91. The Morgan fingerprint density at radius 1 is 1.41 bits per heavy atom. The van der Waals surface area contributed by atoms with E-state index in [4.69, 9.17) is 4.74 Å². The van der Waals surface area contributed by atoms with E-state index in [0.717, 1.165) is 44.3 Å². The number of nitrogens with one attached hydrogen (secondary N) is 2. The fourth-order valence-electron chi connectivity index (χ4n) is 2.09. The van der Waals surface area contributed by atoms with E-state index in [1.165, 1.54) is 11.1 Å². The summed E-state index contributed by atoms with van der Waals surface area (Å²) in [5.74, 6) is 1.79. The molecule has 0 radical (unpaired) electrons. The van der Waals surface area contributed by atoms with Gasteiger partial charge in [0.1, 0.15) is 5.75 Å². The maximum absolute atomic E-state index is 5.39. The average Bonchev–Trinajstić information content (AvgIpc) is 2.32. The summed E-state index contributed by atoms with van der Waals surface area (Å²) in [7, 11) is 1.74. The molecule has 2 N–H and O–H groups in total. The number of hydrogen-bond donors (Lipinski definition) is 2. The van der Waals surface area contributed by atoms with Crippen molar-refractivity contribution in [1.29, 1.82) is 0 Å². The Labute approximate surface area is 104 Å². The molecule has 1 fully saturated rings. The van der Waals surface area contributed by atoms with E-state index in [-0.39, 0.29) is 0 Å². The smallest absolute Gasteiger partial charge is 0.123 e. The molecular formula is C14H22N2O. The third kappa shape index (κ3) is 3.20. The van der Waals surface area contributed by atoms with Gasteiger partial charge in [0, 0.05) is 31.7 Å². The van der Waals surface area contributed by atoms with Crippen LogP contribution in [0.5, 0.6) is 5.75 Å². The molecule has 1 aliphatic heterocycles. The molecule has 0 unspecified atom stereocenters. The summed E-state index contributed by atoms with van der Waals surface area (Å²) in [6.07, 6.45) is 1.07. The number of aryl methyl sites for hydroxylation is 1. The molecule has 0 aromatic heterocycles. The lowest BCUT2D eigenvalue weighted by molar-refractivity contribution is 0.330. The number of rotatable bonds is 6. The largest absolute Gasteiger partial charge is 0.496 e. The summed E-state index contributed by atoms with van der Waals surface area (Å²) in [5, 5.41) is 6.80. The van der Waals surface area contributed by atoms with Gasteiger partial charge in [-0.15, -0.1) is 0 Å². The van der Waals surface area contributed by atoms with E-state index in [1.807, 2.05) is 0 Å². The van der Waals surface area contributed by atoms with Gasteiger partial charge in [-0.3, -0.25) is 0 Å². The second-order valence-corrected chi connectivity index (χ2v) is 4.65. The van der Waals surface area contributed by atoms with Gasteiger partial charge in [0.2, 0.25) is 0 Å². The van der Waals surface area contributed by atoms with Crippen molar-refractivity contribution in [3.8, 4) is 5.75 Å². The number of methoxy groups -OCH3 is 1. The van der Waals surface area contributed by atoms with Crippen molar-refractivity contribution in [2.24, 2.45) is 5.92 Å². The fraction of sp³-hybridized carbons (Fsp3) is 0.571. The molecular weight excluding hydrogens is 212 g/mol. The van der Waals surface area contributed by atoms with Crippen LogP contribution in [0.25, 0.3) is 0 Å². The van der Waals surface area contributed by atoms with Crippen LogP contribution < -0.4 is 15.4 Å². The molecule has 0 atom stereocenters. The summed E-state index contributed by atoms with van der Waals surface area (Å²) in [6, 6.07) is 6.45. The van der Waals surface area contributed by atoms with Gasteiger partial charge in [-0.2, -0.15) is 0 Å². The molecule has 0 saturated carbocycles. The standard InChI is InChI=1S/C14H22N2O/c1-3-11-4-5-14(17-2)13(6-11)10-16-9-12-7-15-8-12/h4-6,12,15-16H,3,7-10H2,1-2H3. The predicted molar refractivity (Wildman–Crippen MR) is 70.4 cm³/mol. The molecule has 1 saturated heterocycles. The van der Waals surface area contributed by atoms with Gasteiger partial charge in [-0.25, -0.2) is 0 Å². The third-order valence-electron chi connectivity index (χ3n) is 3.37. The second kappa shape index (κ2) is 6.03. The van der Waals surface area contributed by atoms with E-state index in [1.54, 1.807) is 7.11 Å². The first-order valence-corrected chi connectivity index (χ1v) is 6.40. The quantitative estimate of drug-likeness (QED) is 0.784. The Hall–Kier alpha value is -1.06. The monoisotopic (exact) mass is 234 g/mol. The van der Waals surface area contributed by atoms with Crippen LogP contribution in [0.2, 0.25) is 0 Å². The first-order valence-electron chi connectivity index (χ1n) is 6.40. The Bertz CT molecular complexity index is 361. The minimum absolute atomic E-state index is 0.801. The molecule has 0 spiro atoms. The van der Waals surface area contributed by atoms with Crippen molar-refractivity contribution in [2.75, 3.05) is 26.7 Å². The Morgan fingerprint density at radius 3 is 2.82 bits per heavy atom. The molecule has 1 aliphatic rings. The highest BCUT2D eigenvalue weighted by Gasteiger charge is 2.15. The van der Waals surface area contributed by atoms with Crippen LogP contribution in [0.15, 0.2) is 18.2 Å². The van der Waals surface area contributed by atoms with Crippen molar-refractivity contribution in [2.45, 2.75) is 19.9 Å². The predicted octanol–water partition coefficient (Wildman–Crippen LogP) is 1.57. The van der Waals surface area contributed by atoms with Crippen molar-refractivity contribution >= 4 is 0 Å². The first kappa shape index (κ1) is 12.4. The van der Waals surface area contributed by atoms with Crippen LogP contribution in [0.1, 0.15) is 18.1 Å². The molecule has 1 aromatic carbocycles. The molecule has 1 heterocycles. The van der Waals surface area contributed by atoms with Gasteiger partial charge in [-0.1, -0.05) is 19.1 Å². The third-order valence-corrected chi connectivity index (χ3v) is 3.37. The lowest BCUT2D eigenvalue weighted by Crippen LogP contribution is -2.47. The van der Waals surface area contributed by atoms with Gasteiger partial charge in [-0.05, 0) is 24.0 Å². The Kier molecular flexibility index (Phi) is 4.40. The van der Waals surface area contributed by atoms with Gasteiger partial charge in [0.05, 0.1) is 7.11 Å². The maximum Gasteiger partial charge on any atom is 0.123 e. The minimum Gasteiger partial charge on any atom is -0.496 e. The molecule has 0 aliphatic carbocycles. The van der Waals surface area contributed by atoms with E-state index in [0.29, 0.717) is 0 Å². The van der Waals surface area contributed by atoms with Crippen LogP contribution in [-0.4, -0.2) is 26.7 Å². The van der Waals surface area contributed by atoms with Crippen LogP contribution in [0.4, 0.5) is 0 Å². The highest BCUT2D eigenvalue weighted by molar-refractivity contribution is 5.37. The second-order valence-electron chi connectivity index (χ2n) is 4.65. The molecule has 94 valence electrons. The molecule has 1 aromatic rings. The molecule has 0 amide bonds. The highest BCUT2D eigenvalue weighted by atomic mass is 16.5. The molecule has 2 rings (SSSR count). The Morgan fingerprint density at radius 2 is 2.24 bits per heavy atom. The molecule has 0 bridgehead atoms. The number of benzene rings is 1. The zero-order valence-electron chi connectivity index (χ0n) is 10.8. The molecule has 17 heavy (non-hydrogen) atoms. The first-order chi connectivity index (χ1) is 8.33. The number of hydrogen-bond acceptors (Lipinski definition) is 3. The van der Waals surface area contributed by atoms with Gasteiger partial charge < -0.3 is 15.4 Å². The van der Waals surface area contributed by atoms with Crippen LogP contribution in [0.3, 0.4) is 0 Å². The zero-order valence-corrected chi connectivity index (χ0v) is 10.8. The lowest BCUT2D eigenvalue weighted by Gasteiger charge is -2.27. The summed E-state index contributed by atoms with van der Waals surface area (Å²) >= 11 is 0. The normalized spacial score (nSPS) is 15.6. The van der Waals surface area contributed by atoms with Crippen molar-refractivity contribution in [3.05, 3.63) is 29.3 Å². The topological polar surface area (TPSA) is 33.3 Å². The summed E-state index contributed by atoms with van der Waals surface area (Å²) < 4.78 is 5.39. The lowest BCUT2D eigenvalue weighted by atomic mass is 10.0. The van der Waals surface area contributed by atoms with Crippen LogP contribution >= 0.6 is 0 Å². The highest BCUT2D eigenvalue weighted by Crippen LogP contribution is 2.20. The van der Waals surface area contributed by atoms with Crippen molar-refractivity contribution in [3.63, 3.8) is 0 Å². The van der Waals surface area contributed by atoms with Gasteiger partial charge in [0.25, 0.3) is 0 Å². The van der Waals surface area contributed by atoms with Gasteiger partial charge in [0.15, 0.2) is 0 Å². The summed E-state index contributed by atoms with van der Waals surface area (Å²) in [5.41, 5.74) is 2.63. The van der Waals surface area contributed by atoms with E-state index in [9.17, 15) is 0 Å². The zero-order chi connectivity index (χ0) is 12.1. The number of ether oxygens (including phenoxy) is 1. The summed E-state index contributed by atoms with van der Waals surface area (Å²) in [4.78, 5) is 0. The molecule has 3 heteroatoms. The van der Waals surface area contributed by atoms with Crippen LogP contribution in [-0.2, 0) is 13.0 Å². The SMILES string of the molecule is CCc1ccc(OC)c(CNCC2CNC2)c1. The molecule has 3 nitrogen and oxygen atoms in total. The van der Waals surface area contributed by atoms with E-state index in [2.05, 4.69) is 35.8 Å². The van der Waals surface area contributed by atoms with Crippen molar-refractivity contribution in [1.82, 2.24) is 10.6 Å². The van der Waals surface area contributed by atoms with Gasteiger partial charge >= 0.3 is 0 Å². The minimum atomic E-state index is 0.801. The average molecular weight is 234 g/mol. The maximum atomic E-state index is 5.39. The van der Waals surface area contributed by atoms with E-state index >= 15 is 0 Å².